The first-order chi connectivity index (χ1) is 23.0. The van der Waals surface area contributed by atoms with Crippen LogP contribution in [0.4, 0.5) is 0 Å². The molecule has 0 spiro atoms. The quantitative estimate of drug-likeness (QED) is 0.149. The van der Waals surface area contributed by atoms with Crippen molar-refractivity contribution in [3.8, 4) is 0 Å². The maximum absolute atomic E-state index is 14.1. The topological polar surface area (TPSA) is 89.5 Å². The minimum absolute atomic E-state index is 0.00541. The third kappa shape index (κ3) is 6.75. The molecule has 286 valence electrons. The van der Waals surface area contributed by atoms with Crippen LogP contribution in [0.2, 0.25) is 0 Å². The second-order valence-electron chi connectivity index (χ2n) is 20.2. The molecule has 0 aromatic heterocycles. The second kappa shape index (κ2) is 13.7. The maximum atomic E-state index is 14.1. The third-order valence-corrected chi connectivity index (χ3v) is 14.1. The number of rotatable bonds is 12. The minimum atomic E-state index is -0.938. The fraction of sp³-hybridized carbons (Fsp3) is 0.905. The normalized spacial score (nSPS) is 41.5. The Bertz CT molecular complexity index is 1180. The molecule has 8 heteroatoms. The highest BCUT2D eigenvalue weighted by molar-refractivity contribution is 5.84. The van der Waals surface area contributed by atoms with E-state index in [1.54, 1.807) is 13.8 Å². The van der Waals surface area contributed by atoms with Crippen molar-refractivity contribution in [3.05, 3.63) is 12.2 Å². The summed E-state index contributed by atoms with van der Waals surface area (Å²) in [5.41, 5.74) is -0.377. The van der Waals surface area contributed by atoms with Gasteiger partial charge in [-0.3, -0.25) is 9.59 Å². The molecule has 5 aliphatic carbocycles. The van der Waals surface area contributed by atoms with Gasteiger partial charge in [-0.15, -0.1) is 0 Å². The zero-order valence-electron chi connectivity index (χ0n) is 33.9. The molecular formula is C42H70O8. The molecule has 0 N–H and O–H groups in total. The van der Waals surface area contributed by atoms with Gasteiger partial charge >= 0.3 is 11.9 Å². The summed E-state index contributed by atoms with van der Waals surface area (Å²) >= 11 is 0. The van der Waals surface area contributed by atoms with Crippen LogP contribution in [0.3, 0.4) is 0 Å². The fourth-order valence-electron chi connectivity index (χ4n) is 10.5. The van der Waals surface area contributed by atoms with E-state index < -0.39 is 36.0 Å². The molecule has 0 heterocycles. The largest absolute Gasteiger partial charge is 0.466 e. The molecule has 4 fully saturated rings. The molecule has 0 aliphatic heterocycles. The first kappa shape index (κ1) is 39.7. The van der Waals surface area contributed by atoms with Gasteiger partial charge in [0.2, 0.25) is 0 Å². The first-order valence-electron chi connectivity index (χ1n) is 19.6. The summed E-state index contributed by atoms with van der Waals surface area (Å²) in [4.78, 5) is 28.2. The lowest BCUT2D eigenvalue weighted by molar-refractivity contribution is -0.199. The van der Waals surface area contributed by atoms with Crippen LogP contribution in [0.25, 0.3) is 0 Å². The molecule has 0 unspecified atom stereocenters. The maximum Gasteiger partial charge on any atom is 0.312 e. The Morgan fingerprint density at radius 2 is 0.960 bits per heavy atom. The van der Waals surface area contributed by atoms with Crippen molar-refractivity contribution in [1.29, 1.82) is 0 Å². The number of carbonyl (C=O) groups excluding carboxylic acids is 2. The summed E-state index contributed by atoms with van der Waals surface area (Å²) in [5.74, 6) is -2.14. The third-order valence-electron chi connectivity index (χ3n) is 14.1. The molecule has 0 saturated heterocycles. The SMILES string of the molecule is CCOC(=O)[C@H]1[C@H](C(=O)OCC)[C@H](O[C@@H]2[C@H](OCC(C)(C)C)[C@H]3CC[C@]2(C)C3(C)C)C=C[C@H]1O[C@@H]1[C@H](OCC(C)(C)C)[C@H]2CC[C@]1(C)C2(C)C. The minimum Gasteiger partial charge on any atom is -0.466 e. The highest BCUT2D eigenvalue weighted by atomic mass is 16.6. The van der Waals surface area contributed by atoms with Gasteiger partial charge in [0.1, 0.15) is 11.8 Å². The average Bonchev–Trinajstić information content (AvgIpc) is 3.50. The van der Waals surface area contributed by atoms with E-state index in [0.29, 0.717) is 25.0 Å². The van der Waals surface area contributed by atoms with Gasteiger partial charge in [-0.05, 0) is 73.0 Å². The predicted octanol–water partition coefficient (Wildman–Crippen LogP) is 8.20. The van der Waals surface area contributed by atoms with E-state index in [4.69, 9.17) is 28.4 Å². The Labute approximate surface area is 303 Å². The molecule has 4 bridgehead atoms. The van der Waals surface area contributed by atoms with Crippen LogP contribution in [0, 0.1) is 56.2 Å². The van der Waals surface area contributed by atoms with Gasteiger partial charge in [-0.25, -0.2) is 0 Å². The van der Waals surface area contributed by atoms with E-state index in [0.717, 1.165) is 25.7 Å². The van der Waals surface area contributed by atoms with Crippen molar-refractivity contribution >= 4 is 11.9 Å². The highest BCUT2D eigenvalue weighted by Crippen LogP contribution is 2.69. The number of ether oxygens (including phenoxy) is 6. The summed E-state index contributed by atoms with van der Waals surface area (Å²) in [6.07, 6.45) is 5.94. The van der Waals surface area contributed by atoms with Gasteiger partial charge in [0, 0.05) is 10.8 Å². The number of esters is 2. The van der Waals surface area contributed by atoms with E-state index in [9.17, 15) is 9.59 Å². The second-order valence-corrected chi connectivity index (χ2v) is 20.2. The molecule has 0 radical (unpaired) electrons. The Kier molecular flexibility index (Phi) is 10.9. The molecule has 0 aromatic carbocycles. The number of fused-ring (bicyclic) bond motifs is 4. The molecule has 0 aromatic rings. The summed E-state index contributed by atoms with van der Waals surface area (Å²) in [5, 5.41) is 0. The summed E-state index contributed by atoms with van der Waals surface area (Å²) in [7, 11) is 0. The number of hydrogen-bond acceptors (Lipinski definition) is 8. The van der Waals surface area contributed by atoms with E-state index >= 15 is 0 Å². The smallest absolute Gasteiger partial charge is 0.312 e. The zero-order valence-corrected chi connectivity index (χ0v) is 33.9. The monoisotopic (exact) mass is 703 g/mol. The molecule has 12 atom stereocenters. The Balaban J connectivity index is 1.52. The molecule has 4 saturated carbocycles. The average molecular weight is 703 g/mol. The zero-order chi connectivity index (χ0) is 37.2. The van der Waals surface area contributed by atoms with Gasteiger partial charge in [0.15, 0.2) is 0 Å². The standard InChI is InChI=1S/C42H70O8/c1-15-45-35(43)29-27(49-33-31(47-23-37(3,4)5)25-19-21-41(33,13)39(25,9)10)17-18-28(30(29)36(44)46-16-2)50-34-32(48-24-38(6,7)8)26-20-22-42(34,14)40(26,11)12/h17-18,25-34H,15-16,19-24H2,1-14H3/t25-,26-,27-,28-,29-,30-,31-,32-,33-,34-,41+,42+/m1/s1. The van der Waals surface area contributed by atoms with Crippen LogP contribution >= 0.6 is 0 Å². The van der Waals surface area contributed by atoms with Crippen LogP contribution in [-0.4, -0.2) is 75.0 Å². The van der Waals surface area contributed by atoms with Gasteiger partial charge in [0.05, 0.1) is 63.1 Å². The lowest BCUT2D eigenvalue weighted by Crippen LogP contribution is -2.55. The van der Waals surface area contributed by atoms with Crippen LogP contribution in [0.5, 0.6) is 0 Å². The Morgan fingerprint density at radius 1 is 0.620 bits per heavy atom. The van der Waals surface area contributed by atoms with E-state index in [2.05, 4.69) is 83.1 Å². The molecule has 5 rings (SSSR count). The van der Waals surface area contributed by atoms with E-state index in [-0.39, 0.29) is 70.1 Å². The van der Waals surface area contributed by atoms with Gasteiger partial charge in [0.25, 0.3) is 0 Å². The molecule has 0 amide bonds. The van der Waals surface area contributed by atoms with E-state index in [1.165, 1.54) is 0 Å². The van der Waals surface area contributed by atoms with Gasteiger partial charge in [-0.1, -0.05) is 95.2 Å². The lowest BCUT2D eigenvalue weighted by Gasteiger charge is -2.46. The Hall–Kier alpha value is -1.48. The summed E-state index contributed by atoms with van der Waals surface area (Å²) in [6, 6.07) is 0. The van der Waals surface area contributed by atoms with Crippen LogP contribution < -0.4 is 0 Å². The molecule has 50 heavy (non-hydrogen) atoms. The number of carbonyl (C=O) groups is 2. The van der Waals surface area contributed by atoms with Crippen molar-refractivity contribution in [2.75, 3.05) is 26.4 Å². The molecular weight excluding hydrogens is 632 g/mol. The van der Waals surface area contributed by atoms with Crippen LogP contribution in [0.1, 0.15) is 123 Å². The van der Waals surface area contributed by atoms with E-state index in [1.807, 2.05) is 12.2 Å². The van der Waals surface area contributed by atoms with Crippen LogP contribution in [-0.2, 0) is 38.0 Å². The van der Waals surface area contributed by atoms with Gasteiger partial charge < -0.3 is 28.4 Å². The fourth-order valence-corrected chi connectivity index (χ4v) is 10.5. The summed E-state index contributed by atoms with van der Waals surface area (Å²) in [6.45, 7) is 32.3. The van der Waals surface area contributed by atoms with Crippen molar-refractivity contribution in [3.63, 3.8) is 0 Å². The highest BCUT2D eigenvalue weighted by Gasteiger charge is 2.70. The van der Waals surface area contributed by atoms with Crippen molar-refractivity contribution in [2.24, 2.45) is 56.2 Å². The van der Waals surface area contributed by atoms with Crippen molar-refractivity contribution < 1.29 is 38.0 Å². The van der Waals surface area contributed by atoms with Crippen molar-refractivity contribution in [1.82, 2.24) is 0 Å². The summed E-state index contributed by atoms with van der Waals surface area (Å²) < 4.78 is 39.3. The van der Waals surface area contributed by atoms with Gasteiger partial charge in [-0.2, -0.15) is 0 Å². The van der Waals surface area contributed by atoms with Crippen LogP contribution in [0.15, 0.2) is 12.2 Å². The lowest BCUT2D eigenvalue weighted by atomic mass is 9.69. The molecule has 5 aliphatic rings. The Morgan fingerprint density at radius 3 is 1.26 bits per heavy atom. The molecule has 8 nitrogen and oxygen atoms in total. The first-order valence-corrected chi connectivity index (χ1v) is 19.6. The van der Waals surface area contributed by atoms with Crippen molar-refractivity contribution in [2.45, 2.75) is 159 Å². The predicted molar refractivity (Wildman–Crippen MR) is 194 cm³/mol. The number of hydrogen-bond donors (Lipinski definition) is 0.